The van der Waals surface area contributed by atoms with Crippen LogP contribution in [0.25, 0.3) is 10.8 Å². The van der Waals surface area contributed by atoms with Gasteiger partial charge < -0.3 is 108 Å². The molecule has 0 unspecified atom stereocenters. The number of Topliss-reactive ketones (excluding diaryl/α,β-unsaturated/α-hetero) is 1. The molecule has 2 aromatic rings. The molecular weight excluding hydrogens is 1020 g/mol. The predicted octanol–water partition coefficient (Wildman–Crippen LogP) is 1.47. The van der Waals surface area contributed by atoms with E-state index in [4.69, 9.17) is 56.8 Å². The number of hydrogen-bond donors (Lipinski definition) is 10. The topological polar surface area (TPSA) is 330 Å². The van der Waals surface area contributed by atoms with Crippen LogP contribution in [-0.2, 0) is 58.5 Å². The van der Waals surface area contributed by atoms with Crippen LogP contribution in [0.15, 0.2) is 12.1 Å². The smallest absolute Gasteiger partial charge is 0.202 e. The quantitative estimate of drug-likeness (QED) is 0.114. The van der Waals surface area contributed by atoms with Crippen molar-refractivity contribution in [3.05, 3.63) is 28.8 Å². The van der Waals surface area contributed by atoms with Crippen molar-refractivity contribution in [3.8, 4) is 17.2 Å². The van der Waals surface area contributed by atoms with Gasteiger partial charge in [0.2, 0.25) is 6.29 Å². The molecular formula is C54H82O23. The summed E-state index contributed by atoms with van der Waals surface area (Å²) in [5.41, 5.74) is -1.11. The second-order valence-electron chi connectivity index (χ2n) is 22.5. The Bertz CT molecular complexity index is 2320. The standard InChI is InChI=1S/C54H82O23/c1-20-32(73-37-16-33(45(59)23(4)68-37)74-36-15-31(56)51(67-11)26(7)71-36)14-29-12-28-13-30(50(66-10)21(2)43(57)22(3)55)52(49(63)42(28)48(62)41(29)44(20)58)77-39-18-34(46(60)25(6)70-39)75-38-17-35(47(61)24(5)69-38)76-40-19-54(9,65)53(64)27(8)72-40/h12,14,21-27,30-31,33-40,43,45-47,50-53,55-62,64-65H,13,15-19H2,1-11H3/t21-,22+,23-,24-,25-,26+,27-,30+,31-,33-,34+,35+,36+,37+,38+,39+,40+,43+,45-,46+,47+,50-,51-,52-,53-,54-/m1/s1. The Morgan fingerprint density at radius 1 is 0.675 bits per heavy atom. The fourth-order valence-electron chi connectivity index (χ4n) is 12.2. The summed E-state index contributed by atoms with van der Waals surface area (Å²) in [6.45, 7) is 14.4. The number of carbonyl (C=O) groups excluding carboxylic acids is 1. The van der Waals surface area contributed by atoms with E-state index in [9.17, 15) is 51.1 Å². The molecule has 0 saturated carbocycles. The van der Waals surface area contributed by atoms with Crippen LogP contribution < -0.4 is 4.74 Å². The van der Waals surface area contributed by atoms with E-state index in [0.29, 0.717) is 10.9 Å². The van der Waals surface area contributed by atoms with Gasteiger partial charge in [0.05, 0.1) is 89.8 Å². The molecule has 77 heavy (non-hydrogen) atoms. The van der Waals surface area contributed by atoms with Gasteiger partial charge >= 0.3 is 0 Å². The first-order valence-corrected chi connectivity index (χ1v) is 26.9. The second kappa shape index (κ2) is 24.2. The van der Waals surface area contributed by atoms with Gasteiger partial charge in [-0.1, -0.05) is 6.92 Å². The summed E-state index contributed by atoms with van der Waals surface area (Å²) < 4.78 is 73.2. The largest absolute Gasteiger partial charge is 0.507 e. The molecule has 26 atom stereocenters. The van der Waals surface area contributed by atoms with Crippen LogP contribution in [0.4, 0.5) is 0 Å². The molecule has 0 bridgehead atoms. The number of aromatic hydroxyl groups is 2. The summed E-state index contributed by atoms with van der Waals surface area (Å²) in [7, 11) is 2.89. The number of rotatable bonds is 16. The minimum atomic E-state index is -1.52. The van der Waals surface area contributed by atoms with Gasteiger partial charge in [-0.05, 0) is 84.9 Å². The van der Waals surface area contributed by atoms with Gasteiger partial charge in [0.25, 0.3) is 0 Å². The Kier molecular flexibility index (Phi) is 18.9. The van der Waals surface area contributed by atoms with E-state index >= 15 is 4.79 Å². The number of benzene rings is 2. The van der Waals surface area contributed by atoms with Crippen LogP contribution in [0.3, 0.4) is 0 Å². The van der Waals surface area contributed by atoms with Crippen LogP contribution in [0.2, 0.25) is 0 Å². The summed E-state index contributed by atoms with van der Waals surface area (Å²) >= 11 is 0. The zero-order valence-corrected chi connectivity index (χ0v) is 45.6. The maximum Gasteiger partial charge on any atom is 0.202 e. The molecule has 8 rings (SSSR count). The molecule has 6 aliphatic rings. The highest BCUT2D eigenvalue weighted by atomic mass is 16.7. The minimum Gasteiger partial charge on any atom is -0.507 e. The number of phenols is 2. The van der Waals surface area contributed by atoms with Gasteiger partial charge in [-0.2, -0.15) is 0 Å². The molecule has 1 aliphatic carbocycles. The fourth-order valence-corrected chi connectivity index (χ4v) is 12.2. The summed E-state index contributed by atoms with van der Waals surface area (Å²) in [4.78, 5) is 15.2. The monoisotopic (exact) mass is 1100 g/mol. The van der Waals surface area contributed by atoms with E-state index in [0.717, 1.165) is 0 Å². The normalized spacial score (nSPS) is 42.6. The van der Waals surface area contributed by atoms with Gasteiger partial charge in [-0.25, -0.2) is 0 Å². The molecule has 0 spiro atoms. The number of phenolic OH excluding ortho intramolecular Hbond substituents is 2. The zero-order chi connectivity index (χ0) is 56.3. The molecule has 5 aliphatic heterocycles. The van der Waals surface area contributed by atoms with Crippen molar-refractivity contribution < 1.29 is 113 Å². The number of carbonyl (C=O) groups is 1. The Labute approximate surface area is 448 Å². The first kappa shape index (κ1) is 60.1. The second-order valence-corrected chi connectivity index (χ2v) is 22.5. The van der Waals surface area contributed by atoms with Crippen molar-refractivity contribution in [2.24, 2.45) is 11.8 Å². The maximum atomic E-state index is 15.2. The number of methoxy groups -OCH3 is 2. The molecule has 5 heterocycles. The Balaban J connectivity index is 1.04. The highest BCUT2D eigenvalue weighted by molar-refractivity contribution is 6.11. The molecule has 0 radical (unpaired) electrons. The van der Waals surface area contributed by atoms with Gasteiger partial charge in [-0.15, -0.1) is 0 Å². The van der Waals surface area contributed by atoms with Crippen LogP contribution in [0.5, 0.6) is 17.2 Å². The molecule has 0 aromatic heterocycles. The van der Waals surface area contributed by atoms with Crippen LogP contribution >= 0.6 is 0 Å². The molecule has 2 aromatic carbocycles. The van der Waals surface area contributed by atoms with Crippen molar-refractivity contribution >= 4 is 16.6 Å². The van der Waals surface area contributed by atoms with Gasteiger partial charge in [0.15, 0.2) is 30.9 Å². The predicted molar refractivity (Wildman–Crippen MR) is 268 cm³/mol. The van der Waals surface area contributed by atoms with E-state index in [1.807, 2.05) is 0 Å². The first-order chi connectivity index (χ1) is 36.2. The van der Waals surface area contributed by atoms with Crippen LogP contribution in [0.1, 0.15) is 109 Å². The highest BCUT2D eigenvalue weighted by Crippen LogP contribution is 2.48. The first-order valence-electron chi connectivity index (χ1n) is 26.9. The third-order valence-electron chi connectivity index (χ3n) is 16.7. The van der Waals surface area contributed by atoms with Crippen LogP contribution in [0, 0.1) is 18.8 Å². The molecule has 5 saturated heterocycles. The molecule has 23 heteroatoms. The zero-order valence-electron chi connectivity index (χ0n) is 45.6. The van der Waals surface area contributed by atoms with Crippen molar-refractivity contribution in [1.29, 1.82) is 0 Å². The summed E-state index contributed by atoms with van der Waals surface area (Å²) in [6.07, 6.45) is -22.6. The van der Waals surface area contributed by atoms with Gasteiger partial charge in [-0.3, -0.25) is 4.79 Å². The summed E-state index contributed by atoms with van der Waals surface area (Å²) in [5.74, 6) is -3.13. The number of ether oxygens (including phenoxy) is 12. The lowest BCUT2D eigenvalue weighted by Gasteiger charge is -2.46. The SMILES string of the molecule is CO[C@H]([C@H](C)[C@H](O)[C@H](C)O)[C@@H]1Cc2cc3cc(O[C@H]4C[C@@H](O[C@H]5C[C@@H](O)[C@H](OC)[C@H](C)O5)[C@H](O)[C@@H](C)O4)c(C)c(O)c3c(O)c2C(=O)[C@@H]1O[C@H]1C[C@H](O[C@H]2C[C@H](O[C@H]3C[C@@](C)(O)[C@H](O)[C@@H](C)O3)[C@@H](O)[C@@H](C)O2)[C@@H](O)[C@@H](C)O1. The summed E-state index contributed by atoms with van der Waals surface area (Å²) in [5, 5.41) is 112. The lowest BCUT2D eigenvalue weighted by Crippen LogP contribution is -2.58. The third kappa shape index (κ3) is 12.4. The summed E-state index contributed by atoms with van der Waals surface area (Å²) in [6, 6.07) is 3.24. The molecule has 5 fully saturated rings. The maximum absolute atomic E-state index is 15.2. The third-order valence-corrected chi connectivity index (χ3v) is 16.7. The average molecular weight is 1100 g/mol. The Hall–Kier alpha value is -2.99. The van der Waals surface area contributed by atoms with Gasteiger partial charge in [0, 0.05) is 63.7 Å². The number of ketones is 1. The molecule has 10 N–H and O–H groups in total. The molecule has 0 amide bonds. The van der Waals surface area contributed by atoms with E-state index < -0.39 is 170 Å². The van der Waals surface area contributed by atoms with Gasteiger partial charge in [0.1, 0.15) is 53.9 Å². The fraction of sp³-hybridized carbons (Fsp3) is 0.796. The van der Waals surface area contributed by atoms with E-state index in [1.165, 1.54) is 28.1 Å². The van der Waals surface area contributed by atoms with E-state index in [-0.39, 0.29) is 66.5 Å². The minimum absolute atomic E-state index is 0.0114. The van der Waals surface area contributed by atoms with E-state index in [2.05, 4.69) is 0 Å². The number of aliphatic hydroxyl groups is 8. The lowest BCUT2D eigenvalue weighted by molar-refractivity contribution is -0.334. The number of aliphatic hydroxyl groups excluding tert-OH is 7. The Morgan fingerprint density at radius 3 is 1.71 bits per heavy atom. The highest BCUT2D eigenvalue weighted by Gasteiger charge is 2.51. The van der Waals surface area contributed by atoms with Crippen molar-refractivity contribution in [2.45, 2.75) is 248 Å². The Morgan fingerprint density at radius 2 is 1.18 bits per heavy atom. The molecule has 23 nitrogen and oxygen atoms in total. The van der Waals surface area contributed by atoms with Crippen molar-refractivity contribution in [1.82, 2.24) is 0 Å². The van der Waals surface area contributed by atoms with Crippen LogP contribution in [-0.4, -0.2) is 218 Å². The lowest BCUT2D eigenvalue weighted by atomic mass is 9.72. The molecule has 436 valence electrons. The van der Waals surface area contributed by atoms with Crippen molar-refractivity contribution in [3.63, 3.8) is 0 Å². The number of hydrogen-bond acceptors (Lipinski definition) is 23. The van der Waals surface area contributed by atoms with E-state index in [1.54, 1.807) is 60.6 Å². The van der Waals surface area contributed by atoms with Crippen molar-refractivity contribution in [2.75, 3.05) is 14.2 Å². The number of fused-ring (bicyclic) bond motifs is 2. The average Bonchev–Trinajstić information content (AvgIpc) is 3.36.